The zero-order valence-corrected chi connectivity index (χ0v) is 15.3. The molecule has 0 aliphatic rings. The number of benzene rings is 1. The molecule has 136 valence electrons. The number of rotatable bonds is 7. The molecular formula is C15H19ClN4O4S. The van der Waals surface area contributed by atoms with E-state index >= 15 is 0 Å². The van der Waals surface area contributed by atoms with Gasteiger partial charge >= 0.3 is 0 Å². The van der Waals surface area contributed by atoms with E-state index in [-0.39, 0.29) is 31.4 Å². The van der Waals surface area contributed by atoms with Crippen LogP contribution < -0.4 is 25.8 Å². The minimum Gasteiger partial charge on any atom is -0.493 e. The van der Waals surface area contributed by atoms with Crippen molar-refractivity contribution in [1.82, 2.24) is 10.3 Å². The summed E-state index contributed by atoms with van der Waals surface area (Å²) in [7, 11) is 3.13. The Morgan fingerprint density at radius 2 is 1.92 bits per heavy atom. The lowest BCUT2D eigenvalue weighted by Crippen LogP contribution is -2.36. The van der Waals surface area contributed by atoms with Crippen molar-refractivity contribution in [2.75, 3.05) is 32.6 Å². The van der Waals surface area contributed by atoms with Gasteiger partial charge in [0, 0.05) is 10.9 Å². The number of carbonyl (C=O) groups excluding carboxylic acids is 2. The molecule has 1 aromatic carbocycles. The molecule has 10 heteroatoms. The van der Waals surface area contributed by atoms with Gasteiger partial charge in [-0.05, 0) is 18.2 Å². The standard InChI is InChI=1S/C15H18N4O4S.ClH/c1-22-11-4-3-9(5-12(11)23-2)10-8-24-15(18-10)19-14(21)7-17-13(20)6-16;/h3-5,8H,6-7,16H2,1-2H3,(H,17,20)(H,18,19,21);1H. The van der Waals surface area contributed by atoms with Crippen molar-refractivity contribution < 1.29 is 19.1 Å². The van der Waals surface area contributed by atoms with Gasteiger partial charge in [0.05, 0.1) is 33.0 Å². The summed E-state index contributed by atoms with van der Waals surface area (Å²) in [6.45, 7) is -0.310. The number of amides is 2. The largest absolute Gasteiger partial charge is 0.493 e. The molecule has 8 nitrogen and oxygen atoms in total. The van der Waals surface area contributed by atoms with E-state index in [1.807, 2.05) is 11.4 Å². The van der Waals surface area contributed by atoms with Gasteiger partial charge < -0.3 is 25.8 Å². The van der Waals surface area contributed by atoms with Crippen LogP contribution in [-0.4, -0.2) is 44.1 Å². The van der Waals surface area contributed by atoms with Gasteiger partial charge in [0.15, 0.2) is 16.6 Å². The van der Waals surface area contributed by atoms with Gasteiger partial charge in [0.25, 0.3) is 0 Å². The van der Waals surface area contributed by atoms with Gasteiger partial charge in [-0.3, -0.25) is 9.59 Å². The number of aromatic nitrogens is 1. The normalized spacial score (nSPS) is 9.72. The first-order chi connectivity index (χ1) is 11.6. The van der Waals surface area contributed by atoms with Crippen LogP contribution >= 0.6 is 23.7 Å². The molecule has 0 radical (unpaired) electrons. The quantitative estimate of drug-likeness (QED) is 0.659. The summed E-state index contributed by atoms with van der Waals surface area (Å²) in [5.74, 6) is 0.457. The number of anilines is 1. The summed E-state index contributed by atoms with van der Waals surface area (Å²) < 4.78 is 10.5. The molecule has 4 N–H and O–H groups in total. The molecule has 0 unspecified atom stereocenters. The monoisotopic (exact) mass is 386 g/mol. The lowest BCUT2D eigenvalue weighted by molar-refractivity contribution is -0.123. The van der Waals surface area contributed by atoms with E-state index in [9.17, 15) is 9.59 Å². The van der Waals surface area contributed by atoms with Crippen molar-refractivity contribution in [3.05, 3.63) is 23.6 Å². The van der Waals surface area contributed by atoms with Crippen molar-refractivity contribution in [2.45, 2.75) is 0 Å². The van der Waals surface area contributed by atoms with Gasteiger partial charge in [-0.25, -0.2) is 4.98 Å². The molecule has 1 heterocycles. The van der Waals surface area contributed by atoms with Crippen molar-refractivity contribution in [3.8, 4) is 22.8 Å². The Labute approximate surface area is 155 Å². The van der Waals surface area contributed by atoms with E-state index in [1.54, 1.807) is 26.4 Å². The SMILES string of the molecule is COc1ccc(-c2csc(NC(=O)CNC(=O)CN)n2)cc1OC.Cl. The highest BCUT2D eigenvalue weighted by Crippen LogP contribution is 2.33. The van der Waals surface area contributed by atoms with Crippen LogP contribution in [0.15, 0.2) is 23.6 Å². The molecule has 0 atom stereocenters. The summed E-state index contributed by atoms with van der Waals surface area (Å²) in [5.41, 5.74) is 6.68. The Morgan fingerprint density at radius 3 is 2.56 bits per heavy atom. The Hall–Kier alpha value is -2.36. The highest BCUT2D eigenvalue weighted by Gasteiger charge is 2.11. The third-order valence-corrected chi connectivity index (χ3v) is 3.82. The van der Waals surface area contributed by atoms with Crippen LogP contribution in [0.1, 0.15) is 0 Å². The second-order valence-electron chi connectivity index (χ2n) is 4.64. The zero-order chi connectivity index (χ0) is 17.5. The Bertz CT molecular complexity index is 738. The molecule has 0 saturated heterocycles. The molecule has 2 aromatic rings. The van der Waals surface area contributed by atoms with E-state index in [2.05, 4.69) is 15.6 Å². The Kier molecular flexibility index (Phi) is 8.12. The average molecular weight is 387 g/mol. The molecule has 25 heavy (non-hydrogen) atoms. The number of carbonyl (C=O) groups is 2. The smallest absolute Gasteiger partial charge is 0.245 e. The maximum Gasteiger partial charge on any atom is 0.245 e. The summed E-state index contributed by atoms with van der Waals surface area (Å²) in [5, 5.41) is 7.26. The minimum atomic E-state index is -0.393. The highest BCUT2D eigenvalue weighted by molar-refractivity contribution is 7.14. The summed E-state index contributed by atoms with van der Waals surface area (Å²) >= 11 is 1.28. The molecule has 0 spiro atoms. The number of hydrogen-bond donors (Lipinski definition) is 3. The minimum absolute atomic E-state index is 0. The van der Waals surface area contributed by atoms with Crippen LogP contribution in [0.2, 0.25) is 0 Å². The highest BCUT2D eigenvalue weighted by atomic mass is 35.5. The second kappa shape index (κ2) is 9.82. The number of methoxy groups -OCH3 is 2. The zero-order valence-electron chi connectivity index (χ0n) is 13.7. The number of ether oxygens (including phenoxy) is 2. The van der Waals surface area contributed by atoms with E-state index < -0.39 is 5.91 Å². The summed E-state index contributed by atoms with van der Waals surface area (Å²) in [6, 6.07) is 5.44. The molecule has 0 saturated carbocycles. The molecular weight excluding hydrogens is 368 g/mol. The number of nitrogens with two attached hydrogens (primary N) is 1. The molecule has 0 fully saturated rings. The van der Waals surface area contributed by atoms with Crippen LogP contribution in [0.4, 0.5) is 5.13 Å². The first-order valence-electron chi connectivity index (χ1n) is 7.02. The van der Waals surface area contributed by atoms with E-state index in [4.69, 9.17) is 15.2 Å². The molecule has 0 bridgehead atoms. The third-order valence-electron chi connectivity index (χ3n) is 3.06. The molecule has 0 aliphatic heterocycles. The Morgan fingerprint density at radius 1 is 1.20 bits per heavy atom. The van der Waals surface area contributed by atoms with Crippen molar-refractivity contribution >= 4 is 40.7 Å². The fourth-order valence-electron chi connectivity index (χ4n) is 1.87. The maximum atomic E-state index is 11.7. The molecule has 2 rings (SSSR count). The third kappa shape index (κ3) is 5.59. The van der Waals surface area contributed by atoms with Gasteiger partial charge in [-0.1, -0.05) is 0 Å². The number of thiazole rings is 1. The van der Waals surface area contributed by atoms with Crippen LogP contribution in [0.25, 0.3) is 11.3 Å². The van der Waals surface area contributed by atoms with E-state index in [0.29, 0.717) is 22.3 Å². The average Bonchev–Trinajstić information content (AvgIpc) is 3.07. The molecule has 1 aromatic heterocycles. The first kappa shape index (κ1) is 20.7. The second-order valence-corrected chi connectivity index (χ2v) is 5.49. The van der Waals surface area contributed by atoms with Gasteiger partial charge in [-0.15, -0.1) is 23.7 Å². The lowest BCUT2D eigenvalue weighted by Gasteiger charge is -2.08. The number of nitrogens with zero attached hydrogens (tertiary/aromatic N) is 1. The molecule has 0 aliphatic carbocycles. The topological polar surface area (TPSA) is 116 Å². The number of hydrogen-bond acceptors (Lipinski definition) is 7. The lowest BCUT2D eigenvalue weighted by atomic mass is 10.1. The fourth-order valence-corrected chi connectivity index (χ4v) is 2.61. The van der Waals surface area contributed by atoms with Crippen molar-refractivity contribution in [3.63, 3.8) is 0 Å². The van der Waals surface area contributed by atoms with Crippen LogP contribution in [0.5, 0.6) is 11.5 Å². The van der Waals surface area contributed by atoms with Crippen molar-refractivity contribution in [1.29, 1.82) is 0 Å². The maximum absolute atomic E-state index is 11.7. The fraction of sp³-hybridized carbons (Fsp3) is 0.267. The predicted octanol–water partition coefficient (Wildman–Crippen LogP) is 1.26. The van der Waals surface area contributed by atoms with Crippen LogP contribution in [0, 0.1) is 0 Å². The summed E-state index contributed by atoms with van der Waals surface area (Å²) in [4.78, 5) is 27.1. The van der Waals surface area contributed by atoms with Crippen LogP contribution in [-0.2, 0) is 9.59 Å². The number of halogens is 1. The van der Waals surface area contributed by atoms with E-state index in [0.717, 1.165) is 5.56 Å². The summed E-state index contributed by atoms with van der Waals surface area (Å²) in [6.07, 6.45) is 0. The molecule has 2 amide bonds. The van der Waals surface area contributed by atoms with Gasteiger partial charge in [0.1, 0.15) is 0 Å². The first-order valence-corrected chi connectivity index (χ1v) is 7.90. The van der Waals surface area contributed by atoms with E-state index in [1.165, 1.54) is 11.3 Å². The number of nitrogens with one attached hydrogen (secondary N) is 2. The predicted molar refractivity (Wildman–Crippen MR) is 98.6 cm³/mol. The van der Waals surface area contributed by atoms with Gasteiger partial charge in [-0.2, -0.15) is 0 Å². The van der Waals surface area contributed by atoms with Crippen LogP contribution in [0.3, 0.4) is 0 Å². The van der Waals surface area contributed by atoms with Gasteiger partial charge in [0.2, 0.25) is 11.8 Å². The van der Waals surface area contributed by atoms with Crippen molar-refractivity contribution in [2.24, 2.45) is 5.73 Å². The Balaban J connectivity index is 0.00000312.